The molecule has 13 heteroatoms. The summed E-state index contributed by atoms with van der Waals surface area (Å²) >= 11 is 0. The van der Waals surface area contributed by atoms with E-state index in [9.17, 15) is 5.53 Å². The first-order chi connectivity index (χ1) is 33.6. The predicted molar refractivity (Wildman–Crippen MR) is 254 cm³/mol. The maximum Gasteiger partial charge on any atom is 0.186 e. The first-order valence-electron chi connectivity index (χ1n) is 23.0. The number of methoxy groups -OCH3 is 1. The highest BCUT2D eigenvalue weighted by Gasteiger charge is 2.54. The Hall–Kier alpha value is -5.77. The van der Waals surface area contributed by atoms with Gasteiger partial charge in [0.1, 0.15) is 48.8 Å². The number of nitrogens with zero attached hydrogens (tertiary/aromatic N) is 3. The molecule has 0 aliphatic carbocycles. The van der Waals surface area contributed by atoms with Crippen LogP contribution in [0.4, 0.5) is 0 Å². The third kappa shape index (κ3) is 13.9. The molecule has 0 spiro atoms. The van der Waals surface area contributed by atoms with E-state index in [2.05, 4.69) is 10.0 Å². The molecule has 68 heavy (non-hydrogen) atoms. The summed E-state index contributed by atoms with van der Waals surface area (Å²) in [5.74, 6) is 0. The fourth-order valence-electron chi connectivity index (χ4n) is 8.40. The number of hydrogen-bond acceptors (Lipinski definition) is 11. The molecule has 0 bridgehead atoms. The van der Waals surface area contributed by atoms with Gasteiger partial charge in [0.15, 0.2) is 12.6 Å². The molecule has 13 nitrogen and oxygen atoms in total. The number of hydrogen-bond donors (Lipinski definition) is 0. The van der Waals surface area contributed by atoms with Gasteiger partial charge in [-0.05, 0) is 38.9 Å². The average Bonchev–Trinajstić information content (AvgIpc) is 3.39. The van der Waals surface area contributed by atoms with Crippen molar-refractivity contribution in [1.82, 2.24) is 0 Å². The minimum atomic E-state index is -1.23. The van der Waals surface area contributed by atoms with Crippen molar-refractivity contribution in [2.45, 2.75) is 101 Å². The maximum atomic E-state index is 10.3. The maximum absolute atomic E-state index is 10.3. The largest absolute Gasteiger partial charge is 0.374 e. The molecule has 2 heterocycles. The summed E-state index contributed by atoms with van der Waals surface area (Å²) in [6.07, 6.45) is -7.90. The van der Waals surface area contributed by atoms with Gasteiger partial charge in [-0.3, -0.25) is 0 Å². The first kappa shape index (κ1) is 48.7. The van der Waals surface area contributed by atoms with Gasteiger partial charge in [-0.1, -0.05) is 187 Å². The van der Waals surface area contributed by atoms with Crippen LogP contribution in [0.15, 0.2) is 187 Å². The second-order valence-corrected chi connectivity index (χ2v) is 16.7. The normalized spacial score (nSPS) is 24.8. The third-order valence-corrected chi connectivity index (χ3v) is 11.8. The van der Waals surface area contributed by atoms with E-state index in [1.54, 1.807) is 7.11 Å². The minimum Gasteiger partial charge on any atom is -0.374 e. The van der Waals surface area contributed by atoms with Gasteiger partial charge >= 0.3 is 0 Å². The van der Waals surface area contributed by atoms with Crippen LogP contribution in [0.3, 0.4) is 0 Å². The van der Waals surface area contributed by atoms with Gasteiger partial charge in [0, 0.05) is 12.0 Å². The molecular weight excluding hydrogens is 863 g/mol. The van der Waals surface area contributed by atoms with E-state index >= 15 is 0 Å². The molecule has 2 fully saturated rings. The van der Waals surface area contributed by atoms with Gasteiger partial charge < -0.3 is 47.4 Å². The Morgan fingerprint density at radius 2 is 0.750 bits per heavy atom. The van der Waals surface area contributed by atoms with Crippen molar-refractivity contribution >= 4 is 0 Å². The molecular formula is C55H59N3O10. The lowest BCUT2D eigenvalue weighted by Gasteiger charge is -2.49. The van der Waals surface area contributed by atoms with Crippen LogP contribution in [0.1, 0.15) is 33.4 Å². The van der Waals surface area contributed by atoms with Crippen LogP contribution in [0.5, 0.6) is 0 Å². The van der Waals surface area contributed by atoms with E-state index in [1.807, 2.05) is 182 Å². The Kier molecular flexibility index (Phi) is 18.7. The molecule has 0 saturated carbocycles. The van der Waals surface area contributed by atoms with Crippen molar-refractivity contribution in [3.05, 3.63) is 226 Å². The number of azide groups is 1. The highest BCUT2D eigenvalue weighted by Crippen LogP contribution is 2.36. The molecule has 2 aliphatic rings. The van der Waals surface area contributed by atoms with Crippen LogP contribution in [0.25, 0.3) is 10.4 Å². The second kappa shape index (κ2) is 26.1. The van der Waals surface area contributed by atoms with Crippen LogP contribution in [-0.4, -0.2) is 81.7 Å². The lowest BCUT2D eigenvalue weighted by molar-refractivity contribution is -0.358. The second-order valence-electron chi connectivity index (χ2n) is 16.7. The zero-order chi connectivity index (χ0) is 46.6. The summed E-state index contributed by atoms with van der Waals surface area (Å²) in [6.45, 7) is 1.67. The van der Waals surface area contributed by atoms with E-state index in [4.69, 9.17) is 47.4 Å². The quantitative estimate of drug-likeness (QED) is 0.0327. The molecule has 6 aromatic carbocycles. The summed E-state index contributed by atoms with van der Waals surface area (Å²) in [4.78, 5) is 3.35. The van der Waals surface area contributed by atoms with Crippen molar-refractivity contribution in [1.29, 1.82) is 0 Å². The van der Waals surface area contributed by atoms with Crippen molar-refractivity contribution in [2.24, 2.45) is 5.11 Å². The minimum absolute atomic E-state index is 0.0787. The van der Waals surface area contributed by atoms with E-state index in [1.165, 1.54) is 0 Å². The van der Waals surface area contributed by atoms with E-state index in [0.717, 1.165) is 33.4 Å². The summed E-state index contributed by atoms with van der Waals surface area (Å²) in [5.41, 5.74) is 16.1. The summed E-state index contributed by atoms with van der Waals surface area (Å²) in [5, 5.41) is 4.38. The molecule has 0 unspecified atom stereocenters. The lowest BCUT2D eigenvalue weighted by atomic mass is 9.95. The smallest absolute Gasteiger partial charge is 0.186 e. The Labute approximate surface area is 398 Å². The molecule has 2 saturated heterocycles. The van der Waals surface area contributed by atoms with E-state index < -0.39 is 61.3 Å². The number of benzene rings is 6. The topological polar surface area (TPSA) is 141 Å². The molecule has 354 valence electrons. The summed E-state index contributed by atoms with van der Waals surface area (Å²) in [7, 11) is 1.58. The van der Waals surface area contributed by atoms with Crippen LogP contribution in [-0.2, 0) is 87.0 Å². The van der Waals surface area contributed by atoms with Gasteiger partial charge in [-0.25, -0.2) is 0 Å². The summed E-state index contributed by atoms with van der Waals surface area (Å²) in [6, 6.07) is 58.1. The Morgan fingerprint density at radius 3 is 1.15 bits per heavy atom. The predicted octanol–water partition coefficient (Wildman–Crippen LogP) is 9.92. The van der Waals surface area contributed by atoms with Gasteiger partial charge in [-0.15, -0.1) is 0 Å². The number of ether oxygens (including phenoxy) is 10. The SMILES string of the molecule is CO[C@H]1O[C@H](COCc2ccccc2)[C@@H](O[C@H]2O[C@H](COCc3ccccc3)[C@@H](OCc3ccccc3)[C@H](OCc3ccccc3)[C@H]2N=[N+]=[N-])[C@H](OCc2ccccc2)[C@H]1OCc1ccccc1. The monoisotopic (exact) mass is 921 g/mol. The van der Waals surface area contributed by atoms with Gasteiger partial charge in [0.05, 0.1) is 52.9 Å². The lowest BCUT2D eigenvalue weighted by Crippen LogP contribution is -2.65. The van der Waals surface area contributed by atoms with Crippen molar-refractivity contribution in [2.75, 3.05) is 20.3 Å². The fourth-order valence-corrected chi connectivity index (χ4v) is 8.40. The first-order valence-corrected chi connectivity index (χ1v) is 23.0. The van der Waals surface area contributed by atoms with Crippen LogP contribution >= 0.6 is 0 Å². The standard InChI is InChI=1S/C55H59N3O10/c1-59-55-53(65-37-45-30-18-7-19-31-45)52(64-36-44-28-16-6-17-29-44)50(47(67-55)39-61-33-41-22-10-3-11-23-41)68-54-48(57-58-56)51(63-35-43-26-14-5-15-27-43)49(62-34-42-24-12-4-13-25-42)46(66-54)38-60-32-40-20-8-2-9-21-40/h2-31,46-55H,32-39H2,1H3/t46-,47-,48-,49-,50-,51-,52+,53-,54-,55+/m1/s1. The van der Waals surface area contributed by atoms with Crippen LogP contribution in [0.2, 0.25) is 0 Å². The zero-order valence-electron chi connectivity index (χ0n) is 38.2. The molecule has 0 amide bonds. The van der Waals surface area contributed by atoms with Gasteiger partial charge in [0.25, 0.3) is 0 Å². The van der Waals surface area contributed by atoms with Gasteiger partial charge in [-0.2, -0.15) is 0 Å². The fraction of sp³-hybridized carbons (Fsp3) is 0.345. The van der Waals surface area contributed by atoms with Crippen molar-refractivity contribution in [3.63, 3.8) is 0 Å². The summed E-state index contributed by atoms with van der Waals surface area (Å²) < 4.78 is 67.1. The molecule has 2 aliphatic heterocycles. The zero-order valence-corrected chi connectivity index (χ0v) is 38.2. The van der Waals surface area contributed by atoms with Crippen LogP contribution < -0.4 is 0 Å². The van der Waals surface area contributed by atoms with Gasteiger partial charge in [0.2, 0.25) is 0 Å². The van der Waals surface area contributed by atoms with E-state index in [-0.39, 0.29) is 39.6 Å². The highest BCUT2D eigenvalue weighted by molar-refractivity contribution is 5.18. The Balaban J connectivity index is 1.16. The molecule has 10 atom stereocenters. The van der Waals surface area contributed by atoms with Crippen molar-refractivity contribution < 1.29 is 47.4 Å². The number of rotatable bonds is 24. The highest BCUT2D eigenvalue weighted by atomic mass is 16.8. The molecule has 0 aromatic heterocycles. The van der Waals surface area contributed by atoms with Crippen LogP contribution in [0, 0.1) is 0 Å². The third-order valence-electron chi connectivity index (χ3n) is 11.8. The molecule has 8 rings (SSSR count). The molecule has 6 aromatic rings. The molecule has 0 N–H and O–H groups in total. The average molecular weight is 922 g/mol. The Morgan fingerprint density at radius 1 is 0.412 bits per heavy atom. The molecule has 0 radical (unpaired) electrons. The Bertz CT molecular complexity index is 2370. The van der Waals surface area contributed by atoms with Crippen molar-refractivity contribution in [3.8, 4) is 0 Å². The van der Waals surface area contributed by atoms with E-state index in [0.29, 0.717) is 13.2 Å².